The summed E-state index contributed by atoms with van der Waals surface area (Å²) >= 11 is 0. The van der Waals surface area contributed by atoms with Crippen LogP contribution in [-0.2, 0) is 14.1 Å². The first-order valence-electron chi connectivity index (χ1n) is 17.2. The Bertz CT molecular complexity index is 1650. The Morgan fingerprint density at radius 1 is 0.938 bits per heavy atom. The molecule has 1 aliphatic heterocycles. The number of amides is 3. The summed E-state index contributed by atoms with van der Waals surface area (Å²) in [5, 5.41) is 8.85. The van der Waals surface area contributed by atoms with Crippen molar-refractivity contribution in [2.24, 2.45) is 23.2 Å². The van der Waals surface area contributed by atoms with Crippen LogP contribution in [0.3, 0.4) is 0 Å². The molecule has 1 saturated heterocycles. The third kappa shape index (κ3) is 6.78. The molecule has 6 atom stereocenters. The first-order valence-corrected chi connectivity index (χ1v) is 17.2. The van der Waals surface area contributed by atoms with Crippen LogP contribution in [0.4, 0.5) is 0 Å². The largest absolute Gasteiger partial charge is 0.481 e. The number of rotatable bonds is 11. The molecule has 3 N–H and O–H groups in total. The molecule has 3 aromatic rings. The molecule has 48 heavy (non-hydrogen) atoms. The van der Waals surface area contributed by atoms with E-state index in [1.54, 1.807) is 24.4 Å². The van der Waals surface area contributed by atoms with E-state index in [0.717, 1.165) is 29.5 Å². The normalized spacial score (nSPS) is 25.0. The summed E-state index contributed by atoms with van der Waals surface area (Å²) < 4.78 is 13.3. The Kier molecular flexibility index (Phi) is 9.51. The molecule has 3 aliphatic carbocycles. The molecule has 4 aliphatic rings. The average molecular weight is 651 g/mol. The molecule has 9 nitrogen and oxygen atoms in total. The predicted molar refractivity (Wildman–Crippen MR) is 186 cm³/mol. The van der Waals surface area contributed by atoms with Crippen molar-refractivity contribution < 1.29 is 23.7 Å². The maximum Gasteiger partial charge on any atom is 0.481 e. The van der Waals surface area contributed by atoms with Gasteiger partial charge in [-0.1, -0.05) is 75.7 Å². The molecule has 7 rings (SSSR count). The number of hydrogen-bond acceptors (Lipinski definition) is 6. The highest BCUT2D eigenvalue weighted by Crippen LogP contribution is 2.65. The van der Waals surface area contributed by atoms with Crippen molar-refractivity contribution in [3.8, 4) is 11.1 Å². The molecule has 3 saturated carbocycles. The summed E-state index contributed by atoms with van der Waals surface area (Å²) in [4.78, 5) is 45.1. The van der Waals surface area contributed by atoms with Crippen molar-refractivity contribution in [1.29, 1.82) is 0 Å². The summed E-state index contributed by atoms with van der Waals surface area (Å²) in [6.45, 7) is 12.8. The quantitative estimate of drug-likeness (QED) is 0.240. The number of pyridine rings is 1. The van der Waals surface area contributed by atoms with Crippen LogP contribution < -0.4 is 16.0 Å². The zero-order chi connectivity index (χ0) is 34.2. The van der Waals surface area contributed by atoms with Gasteiger partial charge in [-0.05, 0) is 91.7 Å². The van der Waals surface area contributed by atoms with Crippen LogP contribution in [-0.4, -0.2) is 60.1 Å². The van der Waals surface area contributed by atoms with Gasteiger partial charge < -0.3 is 25.3 Å². The molecule has 0 radical (unpaired) electrons. The first kappa shape index (κ1) is 33.9. The van der Waals surface area contributed by atoms with Crippen molar-refractivity contribution in [3.63, 3.8) is 0 Å². The fraction of sp³-hybridized carbons (Fsp3) is 0.474. The minimum atomic E-state index is -1.09. The van der Waals surface area contributed by atoms with Gasteiger partial charge in [-0.3, -0.25) is 19.4 Å². The molecule has 4 fully saturated rings. The van der Waals surface area contributed by atoms with Crippen molar-refractivity contribution in [3.05, 3.63) is 89.7 Å². The van der Waals surface area contributed by atoms with E-state index < -0.39 is 36.5 Å². The molecular formula is C38H47BN4O5. The lowest BCUT2D eigenvalue weighted by atomic mass is 9.43. The van der Waals surface area contributed by atoms with Gasteiger partial charge in [0, 0.05) is 18.3 Å². The number of nitrogens with zero attached hydrogens (tertiary/aromatic N) is 1. The molecule has 0 spiro atoms. The zero-order valence-electron chi connectivity index (χ0n) is 28.8. The summed E-state index contributed by atoms with van der Waals surface area (Å²) in [5.41, 5.74) is 3.20. The van der Waals surface area contributed by atoms with Crippen molar-refractivity contribution >= 4 is 24.8 Å². The molecule has 2 bridgehead atoms. The van der Waals surface area contributed by atoms with E-state index in [0.29, 0.717) is 23.8 Å². The van der Waals surface area contributed by atoms with Crippen molar-refractivity contribution in [2.45, 2.75) is 84.5 Å². The SMILES string of the molecule is Cc1ccc(C(=O)NC[C@H](NC(=O)c2cc(-c3ccccc3)ccn2)C(=O)NC(CC(C)C)B2OC3CC4CC(C4(C)C)[C@]3(C)O2)cc1. The van der Waals surface area contributed by atoms with Gasteiger partial charge in [0.15, 0.2) is 0 Å². The molecule has 252 valence electrons. The Morgan fingerprint density at radius 3 is 2.35 bits per heavy atom. The highest BCUT2D eigenvalue weighted by atomic mass is 16.7. The molecule has 1 aromatic heterocycles. The second-order valence-electron chi connectivity index (χ2n) is 15.0. The smallest absolute Gasteiger partial charge is 0.404 e. The van der Waals surface area contributed by atoms with E-state index in [9.17, 15) is 14.4 Å². The van der Waals surface area contributed by atoms with Crippen LogP contribution in [0.25, 0.3) is 11.1 Å². The van der Waals surface area contributed by atoms with Gasteiger partial charge in [-0.25, -0.2) is 0 Å². The van der Waals surface area contributed by atoms with Gasteiger partial charge in [0.05, 0.1) is 17.6 Å². The predicted octanol–water partition coefficient (Wildman–Crippen LogP) is 5.38. The van der Waals surface area contributed by atoms with Crippen LogP contribution >= 0.6 is 0 Å². The highest BCUT2D eigenvalue weighted by Gasteiger charge is 2.68. The lowest BCUT2D eigenvalue weighted by Gasteiger charge is -2.64. The number of carbonyl (C=O) groups excluding carboxylic acids is 3. The topological polar surface area (TPSA) is 119 Å². The molecule has 2 aromatic carbocycles. The standard InChI is InChI=1S/C38H47BN4O5/c1-23(2)18-33(39-47-32-21-28-20-31(37(28,4)5)38(32,6)48-39)43-36(46)30(22-41-34(44)26-14-12-24(3)13-15-26)42-35(45)29-19-27(16-17-40-29)25-10-8-7-9-11-25/h7-17,19,23,28,30-33H,18,20-22H2,1-6H3,(H,41,44)(H,42,45)(H,43,46)/t28?,30-,31?,32?,33?,38-/m0/s1. The Morgan fingerprint density at radius 2 is 1.67 bits per heavy atom. The van der Waals surface area contributed by atoms with E-state index in [1.165, 1.54) is 0 Å². The fourth-order valence-electron chi connectivity index (χ4n) is 7.91. The second kappa shape index (κ2) is 13.5. The van der Waals surface area contributed by atoms with Crippen LogP contribution in [0.2, 0.25) is 0 Å². The number of carbonyl (C=O) groups is 3. The summed E-state index contributed by atoms with van der Waals surface area (Å²) in [5.74, 6) is -0.523. The maximum absolute atomic E-state index is 14.1. The second-order valence-corrected chi connectivity index (χ2v) is 15.0. The lowest BCUT2D eigenvalue weighted by molar-refractivity contribution is -0.199. The number of nitrogens with one attached hydrogen (secondary N) is 3. The Labute approximate surface area is 284 Å². The van der Waals surface area contributed by atoms with Crippen LogP contribution in [0.1, 0.15) is 80.3 Å². The molecule has 3 amide bonds. The van der Waals surface area contributed by atoms with E-state index in [-0.39, 0.29) is 35.6 Å². The number of benzene rings is 2. The molecule has 10 heteroatoms. The van der Waals surface area contributed by atoms with Crippen molar-refractivity contribution in [2.75, 3.05) is 6.54 Å². The molecule has 2 heterocycles. The number of aryl methyl sites for hydroxylation is 1. The van der Waals surface area contributed by atoms with Crippen LogP contribution in [0, 0.1) is 30.1 Å². The van der Waals surface area contributed by atoms with Gasteiger partial charge in [0.2, 0.25) is 5.91 Å². The van der Waals surface area contributed by atoms with E-state index >= 15 is 0 Å². The van der Waals surface area contributed by atoms with E-state index in [4.69, 9.17) is 9.31 Å². The van der Waals surface area contributed by atoms with Crippen LogP contribution in [0.5, 0.6) is 0 Å². The molecule has 4 unspecified atom stereocenters. The zero-order valence-corrected chi connectivity index (χ0v) is 28.8. The first-order chi connectivity index (χ1) is 22.8. The van der Waals surface area contributed by atoms with Crippen LogP contribution in [0.15, 0.2) is 72.9 Å². The highest BCUT2D eigenvalue weighted by molar-refractivity contribution is 6.48. The average Bonchev–Trinajstić information content (AvgIpc) is 3.44. The third-order valence-electron chi connectivity index (χ3n) is 10.9. The van der Waals surface area contributed by atoms with Gasteiger partial charge in [0.1, 0.15) is 11.7 Å². The Hall–Kier alpha value is -4.02. The summed E-state index contributed by atoms with van der Waals surface area (Å²) in [7, 11) is -0.621. The van der Waals surface area contributed by atoms with Gasteiger partial charge >= 0.3 is 7.12 Å². The van der Waals surface area contributed by atoms with Gasteiger partial charge in [0.25, 0.3) is 11.8 Å². The summed E-state index contributed by atoms with van der Waals surface area (Å²) in [6, 6.07) is 19.3. The third-order valence-corrected chi connectivity index (χ3v) is 10.9. The van der Waals surface area contributed by atoms with Crippen molar-refractivity contribution in [1.82, 2.24) is 20.9 Å². The molecular weight excluding hydrogens is 603 g/mol. The lowest BCUT2D eigenvalue weighted by Crippen LogP contribution is -2.65. The minimum absolute atomic E-state index is 0.0295. The van der Waals surface area contributed by atoms with E-state index in [2.05, 4.69) is 55.6 Å². The number of hydrogen-bond donors (Lipinski definition) is 3. The minimum Gasteiger partial charge on any atom is -0.404 e. The van der Waals surface area contributed by atoms with Gasteiger partial charge in [-0.2, -0.15) is 0 Å². The number of aromatic nitrogens is 1. The van der Waals surface area contributed by atoms with Gasteiger partial charge in [-0.15, -0.1) is 0 Å². The maximum atomic E-state index is 14.1. The van der Waals surface area contributed by atoms with E-state index in [1.807, 2.05) is 55.5 Å². The fourth-order valence-corrected chi connectivity index (χ4v) is 7.91. The monoisotopic (exact) mass is 650 g/mol. The Balaban J connectivity index is 1.21. The summed E-state index contributed by atoms with van der Waals surface area (Å²) in [6.07, 6.45) is 4.24.